The number of methoxy groups -OCH3 is 1. The van der Waals surface area contributed by atoms with E-state index < -0.39 is 0 Å². The van der Waals surface area contributed by atoms with Crippen molar-refractivity contribution >= 4 is 17.7 Å². The molecule has 0 spiro atoms. The third-order valence-corrected chi connectivity index (χ3v) is 3.66. The quantitative estimate of drug-likeness (QED) is 0.589. The summed E-state index contributed by atoms with van der Waals surface area (Å²) in [7, 11) is 1.69. The van der Waals surface area contributed by atoms with E-state index in [0.29, 0.717) is 0 Å². The molecule has 1 nitrogen and oxygen atoms in total. The first kappa shape index (κ1) is 15.7. The normalized spacial score (nSPS) is 11.0. The molecule has 0 aliphatic carbocycles. The Hall–Kier alpha value is -1.73. The molecule has 0 N–H and O–H groups in total. The van der Waals surface area contributed by atoms with Gasteiger partial charge >= 0.3 is 0 Å². The molecule has 0 aliphatic rings. The minimum atomic E-state index is 0.724. The summed E-state index contributed by atoms with van der Waals surface area (Å²) in [4.78, 5) is 0. The number of hydrogen-bond acceptors (Lipinski definition) is 1. The van der Waals surface area contributed by atoms with E-state index in [-0.39, 0.29) is 0 Å². The van der Waals surface area contributed by atoms with Gasteiger partial charge in [-0.15, -0.1) is 0 Å². The molecule has 2 rings (SSSR count). The van der Waals surface area contributed by atoms with Crippen LogP contribution in [0, 0.1) is 0 Å². The first-order valence-corrected chi connectivity index (χ1v) is 7.71. The number of ether oxygens (including phenoxy) is 1. The van der Waals surface area contributed by atoms with Gasteiger partial charge in [-0.2, -0.15) is 0 Å². The van der Waals surface area contributed by atoms with Crippen molar-refractivity contribution in [3.63, 3.8) is 0 Å². The SMILES string of the molecule is COc1cc(Cl)ccc1CCCC/C=C/c1ccccc1. The minimum Gasteiger partial charge on any atom is -0.496 e. The van der Waals surface area contributed by atoms with Crippen LogP contribution in [0.4, 0.5) is 0 Å². The van der Waals surface area contributed by atoms with E-state index in [1.54, 1.807) is 7.11 Å². The molecule has 0 heterocycles. The van der Waals surface area contributed by atoms with E-state index in [2.05, 4.69) is 42.5 Å². The second kappa shape index (κ2) is 8.53. The highest BCUT2D eigenvalue weighted by molar-refractivity contribution is 6.30. The third-order valence-electron chi connectivity index (χ3n) is 3.43. The second-order valence-electron chi connectivity index (χ2n) is 5.02. The smallest absolute Gasteiger partial charge is 0.123 e. The molecule has 0 aliphatic heterocycles. The summed E-state index contributed by atoms with van der Waals surface area (Å²) in [5.74, 6) is 0.891. The van der Waals surface area contributed by atoms with Crippen molar-refractivity contribution in [2.24, 2.45) is 0 Å². The lowest BCUT2D eigenvalue weighted by Gasteiger charge is -2.08. The summed E-state index contributed by atoms with van der Waals surface area (Å²) in [5, 5.41) is 0.724. The van der Waals surface area contributed by atoms with Crippen LogP contribution in [0.1, 0.15) is 30.4 Å². The molecule has 0 unspecified atom stereocenters. The Morgan fingerprint density at radius 2 is 1.86 bits per heavy atom. The Bertz CT molecular complexity index is 575. The van der Waals surface area contributed by atoms with E-state index in [1.807, 2.05) is 18.2 Å². The predicted molar refractivity (Wildman–Crippen MR) is 91.0 cm³/mol. The second-order valence-corrected chi connectivity index (χ2v) is 5.45. The van der Waals surface area contributed by atoms with Crippen LogP contribution >= 0.6 is 11.6 Å². The topological polar surface area (TPSA) is 9.23 Å². The predicted octanol–water partition coefficient (Wildman–Crippen LogP) is 5.77. The van der Waals surface area contributed by atoms with E-state index in [9.17, 15) is 0 Å². The highest BCUT2D eigenvalue weighted by atomic mass is 35.5. The molecule has 0 aromatic heterocycles. The van der Waals surface area contributed by atoms with E-state index >= 15 is 0 Å². The van der Waals surface area contributed by atoms with Crippen molar-refractivity contribution in [3.8, 4) is 5.75 Å². The molecule has 2 aromatic rings. The molecule has 0 radical (unpaired) electrons. The van der Waals surface area contributed by atoms with Crippen molar-refractivity contribution in [1.29, 1.82) is 0 Å². The standard InChI is InChI=1S/C19H21ClO/c1-21-19-15-18(20)14-13-17(19)12-8-3-2-5-9-16-10-6-4-7-11-16/h4-7,9-11,13-15H,2-3,8,12H2,1H3/b9-5+. The van der Waals surface area contributed by atoms with Crippen molar-refractivity contribution in [2.45, 2.75) is 25.7 Å². The molecule has 21 heavy (non-hydrogen) atoms. The summed E-state index contributed by atoms with van der Waals surface area (Å²) in [6.07, 6.45) is 8.88. The molecule has 0 amide bonds. The Balaban J connectivity index is 1.74. The summed E-state index contributed by atoms with van der Waals surface area (Å²) >= 11 is 5.97. The third kappa shape index (κ3) is 5.28. The number of allylic oxidation sites excluding steroid dienone is 1. The van der Waals surface area contributed by atoms with Crippen LogP contribution in [0.2, 0.25) is 5.02 Å². The van der Waals surface area contributed by atoms with Crippen molar-refractivity contribution in [2.75, 3.05) is 7.11 Å². The van der Waals surface area contributed by atoms with Crippen molar-refractivity contribution < 1.29 is 4.74 Å². The maximum Gasteiger partial charge on any atom is 0.123 e. The average Bonchev–Trinajstić information content (AvgIpc) is 2.52. The van der Waals surface area contributed by atoms with E-state index in [0.717, 1.165) is 30.0 Å². The molecule has 0 saturated heterocycles. The van der Waals surface area contributed by atoms with Gasteiger partial charge in [-0.3, -0.25) is 0 Å². The Kier molecular flexibility index (Phi) is 6.36. The largest absolute Gasteiger partial charge is 0.496 e. The first-order chi connectivity index (χ1) is 10.3. The number of benzene rings is 2. The van der Waals surface area contributed by atoms with Gasteiger partial charge in [0.25, 0.3) is 0 Å². The van der Waals surface area contributed by atoms with Crippen LogP contribution < -0.4 is 4.74 Å². The van der Waals surface area contributed by atoms with Crippen LogP contribution in [0.15, 0.2) is 54.6 Å². The number of rotatable bonds is 7. The molecular formula is C19H21ClO. The van der Waals surface area contributed by atoms with E-state index in [1.165, 1.54) is 17.5 Å². The van der Waals surface area contributed by atoms with Crippen LogP contribution in [0.3, 0.4) is 0 Å². The number of unbranched alkanes of at least 4 members (excludes halogenated alkanes) is 2. The first-order valence-electron chi connectivity index (χ1n) is 7.33. The molecule has 2 heteroatoms. The zero-order chi connectivity index (χ0) is 14.9. The summed E-state index contributed by atoms with van der Waals surface area (Å²) in [6.45, 7) is 0. The van der Waals surface area contributed by atoms with Crippen LogP contribution in [-0.2, 0) is 6.42 Å². The number of hydrogen-bond donors (Lipinski definition) is 0. The van der Waals surface area contributed by atoms with Gasteiger partial charge in [0.15, 0.2) is 0 Å². The molecule has 0 saturated carbocycles. The average molecular weight is 301 g/mol. The summed E-state index contributed by atoms with van der Waals surface area (Å²) in [6, 6.07) is 16.3. The summed E-state index contributed by atoms with van der Waals surface area (Å²) in [5.41, 5.74) is 2.49. The zero-order valence-corrected chi connectivity index (χ0v) is 13.1. The fourth-order valence-corrected chi connectivity index (χ4v) is 2.45. The summed E-state index contributed by atoms with van der Waals surface area (Å²) < 4.78 is 5.36. The van der Waals surface area contributed by atoms with Gasteiger partial charge in [-0.25, -0.2) is 0 Å². The van der Waals surface area contributed by atoms with Crippen LogP contribution in [0.25, 0.3) is 6.08 Å². The number of halogens is 1. The van der Waals surface area contributed by atoms with Crippen molar-refractivity contribution in [1.82, 2.24) is 0 Å². The van der Waals surface area contributed by atoms with Gasteiger partial charge in [0.1, 0.15) is 5.75 Å². The Morgan fingerprint density at radius 3 is 2.62 bits per heavy atom. The molecule has 110 valence electrons. The maximum atomic E-state index is 5.97. The van der Waals surface area contributed by atoms with Gasteiger partial charge in [-0.05, 0) is 48.9 Å². The molecule has 0 bridgehead atoms. The van der Waals surface area contributed by atoms with Gasteiger partial charge in [0.05, 0.1) is 7.11 Å². The lowest BCUT2D eigenvalue weighted by atomic mass is 10.1. The van der Waals surface area contributed by atoms with Gasteiger partial charge in [-0.1, -0.05) is 60.2 Å². The van der Waals surface area contributed by atoms with Crippen LogP contribution in [0.5, 0.6) is 5.75 Å². The van der Waals surface area contributed by atoms with Crippen LogP contribution in [-0.4, -0.2) is 7.11 Å². The van der Waals surface area contributed by atoms with Gasteiger partial charge < -0.3 is 4.74 Å². The zero-order valence-electron chi connectivity index (χ0n) is 12.4. The lowest BCUT2D eigenvalue weighted by Crippen LogP contribution is -1.92. The molecule has 2 aromatic carbocycles. The Labute approximate surface area is 132 Å². The minimum absolute atomic E-state index is 0.724. The van der Waals surface area contributed by atoms with Crippen molar-refractivity contribution in [3.05, 3.63) is 70.8 Å². The number of aryl methyl sites for hydroxylation is 1. The fraction of sp³-hybridized carbons (Fsp3) is 0.263. The van der Waals surface area contributed by atoms with E-state index in [4.69, 9.17) is 16.3 Å². The van der Waals surface area contributed by atoms with Gasteiger partial charge in [0.2, 0.25) is 0 Å². The molecule has 0 atom stereocenters. The fourth-order valence-electron chi connectivity index (χ4n) is 2.29. The monoisotopic (exact) mass is 300 g/mol. The maximum absolute atomic E-state index is 5.97. The van der Waals surface area contributed by atoms with Gasteiger partial charge in [0, 0.05) is 5.02 Å². The Morgan fingerprint density at radius 1 is 1.05 bits per heavy atom. The lowest BCUT2D eigenvalue weighted by molar-refractivity contribution is 0.409. The molecular weight excluding hydrogens is 280 g/mol. The highest BCUT2D eigenvalue weighted by Crippen LogP contribution is 2.24. The highest BCUT2D eigenvalue weighted by Gasteiger charge is 2.03. The molecule has 0 fully saturated rings.